The largest absolute Gasteiger partial charge is 0.368 e. The number of nitrogens with one attached hydrogen (secondary N) is 1. The first kappa shape index (κ1) is 12.0. The average Bonchev–Trinajstić information content (AvgIpc) is 2.25. The van der Waals surface area contributed by atoms with E-state index in [2.05, 4.69) is 4.98 Å². The Balaban J connectivity index is 2.86. The highest BCUT2D eigenvalue weighted by Crippen LogP contribution is 2.01. The Morgan fingerprint density at radius 1 is 1.44 bits per heavy atom. The number of likely N-dealkylation sites (N-methyl/N-ethyl adjacent to an activating group) is 1. The number of carbonyl (C=O) groups excluding carboxylic acids is 2. The van der Waals surface area contributed by atoms with Crippen LogP contribution in [0.3, 0.4) is 0 Å². The number of nitrogens with two attached hydrogens (primary N) is 1. The molecule has 16 heavy (non-hydrogen) atoms. The molecule has 0 radical (unpaired) electrons. The summed E-state index contributed by atoms with van der Waals surface area (Å²) in [5, 5.41) is 0. The first-order valence-corrected chi connectivity index (χ1v) is 4.81. The minimum absolute atomic E-state index is 0.130. The number of aromatic amines is 1. The van der Waals surface area contributed by atoms with E-state index in [-0.39, 0.29) is 18.0 Å². The van der Waals surface area contributed by atoms with Gasteiger partial charge in [0.05, 0.1) is 12.1 Å². The fraction of sp³-hybridized carbons (Fsp3) is 0.300. The lowest BCUT2D eigenvalue weighted by Gasteiger charge is -2.18. The van der Waals surface area contributed by atoms with Gasteiger partial charge in [-0.1, -0.05) is 0 Å². The summed E-state index contributed by atoms with van der Waals surface area (Å²) in [5.74, 6) is -0.905. The highest BCUT2D eigenvalue weighted by molar-refractivity contribution is 5.96. The van der Waals surface area contributed by atoms with Crippen molar-refractivity contribution < 1.29 is 9.59 Å². The second-order valence-corrected chi connectivity index (χ2v) is 3.23. The maximum Gasteiger partial charge on any atom is 0.255 e. The number of hydrogen-bond acceptors (Lipinski definition) is 3. The minimum atomic E-state index is -0.570. The number of rotatable bonds is 4. The molecule has 86 valence electrons. The minimum Gasteiger partial charge on any atom is -0.368 e. The van der Waals surface area contributed by atoms with Gasteiger partial charge < -0.3 is 15.6 Å². The topological polar surface area (TPSA) is 96.3 Å². The maximum atomic E-state index is 11.8. The van der Waals surface area contributed by atoms with Crippen LogP contribution in [0.25, 0.3) is 0 Å². The highest BCUT2D eigenvalue weighted by atomic mass is 16.2. The molecule has 1 aromatic heterocycles. The third kappa shape index (κ3) is 2.94. The first-order valence-electron chi connectivity index (χ1n) is 4.81. The van der Waals surface area contributed by atoms with Crippen LogP contribution in [0.2, 0.25) is 0 Å². The van der Waals surface area contributed by atoms with E-state index in [0.29, 0.717) is 12.1 Å². The van der Waals surface area contributed by atoms with Gasteiger partial charge in [0, 0.05) is 18.8 Å². The molecule has 0 aromatic carbocycles. The molecule has 0 bridgehead atoms. The number of amides is 2. The summed E-state index contributed by atoms with van der Waals surface area (Å²) in [6, 6.07) is 2.66. The van der Waals surface area contributed by atoms with Gasteiger partial charge in [0.25, 0.3) is 5.91 Å². The Morgan fingerprint density at radius 2 is 2.12 bits per heavy atom. The normalized spacial score (nSPS) is 9.81. The zero-order valence-electron chi connectivity index (χ0n) is 8.90. The number of hydrogen-bond donors (Lipinski definition) is 2. The molecule has 1 rings (SSSR count). The molecule has 0 atom stereocenters. The van der Waals surface area contributed by atoms with Crippen LogP contribution in [0.15, 0.2) is 23.1 Å². The second-order valence-electron chi connectivity index (χ2n) is 3.23. The van der Waals surface area contributed by atoms with Crippen LogP contribution in [0.4, 0.5) is 0 Å². The number of primary amides is 1. The van der Waals surface area contributed by atoms with E-state index in [4.69, 9.17) is 5.73 Å². The van der Waals surface area contributed by atoms with Crippen LogP contribution >= 0.6 is 0 Å². The van der Waals surface area contributed by atoms with Crippen molar-refractivity contribution in [3.8, 4) is 0 Å². The van der Waals surface area contributed by atoms with Crippen LogP contribution in [0, 0.1) is 0 Å². The summed E-state index contributed by atoms with van der Waals surface area (Å²) < 4.78 is 0. The van der Waals surface area contributed by atoms with E-state index < -0.39 is 5.91 Å². The van der Waals surface area contributed by atoms with Crippen LogP contribution in [-0.4, -0.2) is 34.8 Å². The molecule has 0 aliphatic carbocycles. The highest BCUT2D eigenvalue weighted by Gasteiger charge is 2.15. The van der Waals surface area contributed by atoms with E-state index in [1.807, 2.05) is 0 Å². The van der Waals surface area contributed by atoms with Gasteiger partial charge in [-0.15, -0.1) is 0 Å². The van der Waals surface area contributed by atoms with Crippen LogP contribution in [0.1, 0.15) is 17.3 Å². The van der Waals surface area contributed by atoms with Crippen LogP contribution in [-0.2, 0) is 4.79 Å². The van der Waals surface area contributed by atoms with Gasteiger partial charge in [0.2, 0.25) is 11.5 Å². The third-order valence-electron chi connectivity index (χ3n) is 2.05. The Kier molecular flexibility index (Phi) is 3.82. The number of pyridine rings is 1. The predicted octanol–water partition coefficient (Wildman–Crippen LogP) is -0.678. The number of nitrogens with zero attached hydrogens (tertiary/aromatic N) is 1. The molecule has 0 saturated heterocycles. The first-order chi connectivity index (χ1) is 7.54. The Morgan fingerprint density at radius 3 is 2.56 bits per heavy atom. The van der Waals surface area contributed by atoms with Gasteiger partial charge in [-0.05, 0) is 13.0 Å². The smallest absolute Gasteiger partial charge is 0.255 e. The van der Waals surface area contributed by atoms with Crippen molar-refractivity contribution in [1.29, 1.82) is 0 Å². The van der Waals surface area contributed by atoms with E-state index in [9.17, 15) is 14.4 Å². The molecular formula is C10H13N3O3. The molecule has 1 heterocycles. The standard InChI is InChI=1S/C10H13N3O3/c1-2-13(6-8(11)14)10(16)7-3-4-9(15)12-5-7/h3-5H,2,6H2,1H3,(H2,11,14)(H,12,15). The van der Waals surface area contributed by atoms with Crippen LogP contribution in [0.5, 0.6) is 0 Å². The summed E-state index contributed by atoms with van der Waals surface area (Å²) in [5.41, 5.74) is 5.06. The number of carbonyl (C=O) groups is 2. The maximum absolute atomic E-state index is 11.8. The number of aromatic nitrogens is 1. The summed E-state index contributed by atoms with van der Waals surface area (Å²) in [6.45, 7) is 1.99. The van der Waals surface area contributed by atoms with Gasteiger partial charge in [0.15, 0.2) is 0 Å². The van der Waals surface area contributed by atoms with Crippen molar-refractivity contribution in [1.82, 2.24) is 9.88 Å². The van der Waals surface area contributed by atoms with Crippen LogP contribution < -0.4 is 11.3 Å². The molecule has 0 spiro atoms. The van der Waals surface area contributed by atoms with Crippen molar-refractivity contribution in [2.24, 2.45) is 5.73 Å². The molecule has 0 saturated carbocycles. The molecule has 1 aromatic rings. The van der Waals surface area contributed by atoms with Gasteiger partial charge in [-0.25, -0.2) is 0 Å². The third-order valence-corrected chi connectivity index (χ3v) is 2.05. The molecule has 3 N–H and O–H groups in total. The molecule has 2 amide bonds. The van der Waals surface area contributed by atoms with Gasteiger partial charge in [-0.2, -0.15) is 0 Å². The van der Waals surface area contributed by atoms with E-state index in [0.717, 1.165) is 0 Å². The Bertz CT molecular complexity index is 432. The van der Waals surface area contributed by atoms with Gasteiger partial charge in [0.1, 0.15) is 0 Å². The van der Waals surface area contributed by atoms with Crippen molar-refractivity contribution >= 4 is 11.8 Å². The molecule has 0 unspecified atom stereocenters. The van der Waals surface area contributed by atoms with Crippen molar-refractivity contribution in [2.45, 2.75) is 6.92 Å². The monoisotopic (exact) mass is 223 g/mol. The summed E-state index contributed by atoms with van der Waals surface area (Å²) in [6.07, 6.45) is 1.31. The lowest BCUT2D eigenvalue weighted by Crippen LogP contribution is -2.38. The van der Waals surface area contributed by atoms with Gasteiger partial charge >= 0.3 is 0 Å². The molecule has 0 fully saturated rings. The predicted molar refractivity (Wildman–Crippen MR) is 57.8 cm³/mol. The lowest BCUT2D eigenvalue weighted by molar-refractivity contribution is -0.118. The fourth-order valence-electron chi connectivity index (χ4n) is 1.24. The second kappa shape index (κ2) is 5.11. The average molecular weight is 223 g/mol. The fourth-order valence-corrected chi connectivity index (χ4v) is 1.24. The van der Waals surface area contributed by atoms with E-state index in [1.54, 1.807) is 6.92 Å². The summed E-state index contributed by atoms with van der Waals surface area (Å²) in [4.78, 5) is 37.1. The zero-order valence-corrected chi connectivity index (χ0v) is 8.90. The summed E-state index contributed by atoms with van der Waals surface area (Å²) >= 11 is 0. The van der Waals surface area contributed by atoms with E-state index >= 15 is 0 Å². The molecule has 6 nitrogen and oxygen atoms in total. The Labute approximate surface area is 92.1 Å². The SMILES string of the molecule is CCN(CC(N)=O)C(=O)c1ccc(=O)[nH]c1. The van der Waals surface area contributed by atoms with Gasteiger partial charge in [-0.3, -0.25) is 14.4 Å². The lowest BCUT2D eigenvalue weighted by atomic mass is 10.2. The molecule has 0 aliphatic rings. The van der Waals surface area contributed by atoms with Crippen molar-refractivity contribution in [3.63, 3.8) is 0 Å². The van der Waals surface area contributed by atoms with Crippen molar-refractivity contribution in [3.05, 3.63) is 34.2 Å². The summed E-state index contributed by atoms with van der Waals surface area (Å²) in [7, 11) is 0. The Hall–Kier alpha value is -2.11. The molecule has 0 aliphatic heterocycles. The molecular weight excluding hydrogens is 210 g/mol. The van der Waals surface area contributed by atoms with E-state index in [1.165, 1.54) is 23.2 Å². The quantitative estimate of drug-likeness (QED) is 0.708. The molecule has 6 heteroatoms. The van der Waals surface area contributed by atoms with Crippen molar-refractivity contribution in [2.75, 3.05) is 13.1 Å². The number of H-pyrrole nitrogens is 1. The zero-order chi connectivity index (χ0) is 12.1.